The van der Waals surface area contributed by atoms with Crippen LogP contribution >= 0.6 is 11.6 Å². The number of pyridine rings is 1. The number of hydrogen-bond donors (Lipinski definition) is 2. The fraction of sp³-hybridized carbons (Fsp3) is 0.357. The molecular weight excluding hydrogens is 264 g/mol. The van der Waals surface area contributed by atoms with Gasteiger partial charge in [-0.3, -0.25) is 4.79 Å². The lowest BCUT2D eigenvalue weighted by Crippen LogP contribution is -2.73. The van der Waals surface area contributed by atoms with E-state index in [1.807, 2.05) is 6.07 Å². The number of rotatable bonds is 3. The monoisotopic (exact) mass is 279 g/mol. The Bertz CT molecular complexity index is 677. The summed E-state index contributed by atoms with van der Waals surface area (Å²) in [5.41, 5.74) is 2.51. The molecule has 3 rings (SSSR count). The lowest BCUT2D eigenvalue weighted by Gasteiger charge is -2.26. The average molecular weight is 280 g/mol. The van der Waals surface area contributed by atoms with Gasteiger partial charge in [-0.2, -0.15) is 5.48 Å². The molecule has 0 radical (unpaired) electrons. The van der Waals surface area contributed by atoms with Crippen molar-refractivity contribution in [1.82, 2.24) is 4.57 Å². The maximum Gasteiger partial charge on any atom is 0.252 e. The molecule has 0 amide bonds. The molecule has 3 N–H and O–H groups in total. The summed E-state index contributed by atoms with van der Waals surface area (Å²) in [4.78, 5) is 12.1. The second-order valence-corrected chi connectivity index (χ2v) is 5.55. The highest BCUT2D eigenvalue weighted by atomic mass is 35.5. The Morgan fingerprint density at radius 1 is 1.37 bits per heavy atom. The molecule has 100 valence electrons. The molecule has 2 aromatic rings. The molecule has 4 nitrogen and oxygen atoms in total. The number of aromatic nitrogens is 1. The second-order valence-electron chi connectivity index (χ2n) is 5.14. The summed E-state index contributed by atoms with van der Waals surface area (Å²) in [6, 6.07) is 6.90. The molecule has 1 aromatic carbocycles. The Labute approximate surface area is 115 Å². The van der Waals surface area contributed by atoms with Crippen LogP contribution in [0.5, 0.6) is 0 Å². The van der Waals surface area contributed by atoms with Gasteiger partial charge >= 0.3 is 0 Å². The normalized spacial score (nSPS) is 15.7. The van der Waals surface area contributed by atoms with Crippen LogP contribution in [0.4, 0.5) is 5.69 Å². The maximum absolute atomic E-state index is 12.1. The third-order valence-electron chi connectivity index (χ3n) is 3.90. The van der Waals surface area contributed by atoms with Crippen molar-refractivity contribution < 1.29 is 10.7 Å². The maximum atomic E-state index is 12.1. The number of quaternary nitrogens is 1. The molecule has 1 fully saturated rings. The fourth-order valence-corrected chi connectivity index (χ4v) is 2.81. The minimum atomic E-state index is -0.0508. The van der Waals surface area contributed by atoms with Gasteiger partial charge in [0.2, 0.25) is 0 Å². The van der Waals surface area contributed by atoms with E-state index in [4.69, 9.17) is 16.8 Å². The van der Waals surface area contributed by atoms with Crippen molar-refractivity contribution in [3.63, 3.8) is 0 Å². The van der Waals surface area contributed by atoms with Crippen LogP contribution in [0.15, 0.2) is 29.1 Å². The minimum absolute atomic E-state index is 0.0508. The van der Waals surface area contributed by atoms with Gasteiger partial charge in [-0.25, -0.2) is 5.21 Å². The van der Waals surface area contributed by atoms with Crippen LogP contribution in [0.3, 0.4) is 0 Å². The zero-order valence-electron chi connectivity index (χ0n) is 10.5. The van der Waals surface area contributed by atoms with Crippen LogP contribution in [-0.2, 0) is 6.54 Å². The Kier molecular flexibility index (Phi) is 3.31. The number of nitrogens with zero attached hydrogens (tertiary/aromatic N) is 1. The van der Waals surface area contributed by atoms with Crippen molar-refractivity contribution in [1.29, 1.82) is 0 Å². The summed E-state index contributed by atoms with van der Waals surface area (Å²) >= 11 is 6.14. The summed E-state index contributed by atoms with van der Waals surface area (Å²) in [6.45, 7) is 0.759. The van der Waals surface area contributed by atoms with Crippen LogP contribution in [0, 0.1) is 5.92 Å². The van der Waals surface area contributed by atoms with Gasteiger partial charge in [-0.15, -0.1) is 0 Å². The summed E-state index contributed by atoms with van der Waals surface area (Å²) in [6.07, 6.45) is 3.65. The van der Waals surface area contributed by atoms with E-state index in [2.05, 4.69) is 0 Å². The first-order valence-electron chi connectivity index (χ1n) is 6.49. The first-order chi connectivity index (χ1) is 9.19. The average Bonchev–Trinajstić information content (AvgIpc) is 2.36. The molecule has 1 saturated carbocycles. The number of fused-ring (bicyclic) bond motifs is 1. The molecule has 0 aliphatic heterocycles. The molecule has 19 heavy (non-hydrogen) atoms. The van der Waals surface area contributed by atoms with Crippen LogP contribution in [0.2, 0.25) is 5.02 Å². The molecule has 0 unspecified atom stereocenters. The zero-order valence-corrected chi connectivity index (χ0v) is 11.2. The Morgan fingerprint density at radius 2 is 2.16 bits per heavy atom. The smallest absolute Gasteiger partial charge is 0.252 e. The van der Waals surface area contributed by atoms with E-state index < -0.39 is 0 Å². The summed E-state index contributed by atoms with van der Waals surface area (Å²) in [5.74, 6) is 0.603. The first-order valence-corrected chi connectivity index (χ1v) is 6.87. The SMILES string of the molecule is O=c1cc(Cl)c2cc([NH2+]O)ccc2n1CC1CCC1. The van der Waals surface area contributed by atoms with Gasteiger partial charge in [0.05, 0.1) is 10.5 Å². The van der Waals surface area contributed by atoms with E-state index in [-0.39, 0.29) is 5.56 Å². The van der Waals surface area contributed by atoms with E-state index in [9.17, 15) is 4.79 Å². The van der Waals surface area contributed by atoms with Crippen LogP contribution in [0.1, 0.15) is 19.3 Å². The third kappa shape index (κ3) is 2.27. The summed E-state index contributed by atoms with van der Waals surface area (Å²) in [7, 11) is 0. The molecule has 0 bridgehead atoms. The topological polar surface area (TPSA) is 58.8 Å². The van der Waals surface area contributed by atoms with Gasteiger partial charge in [0.1, 0.15) is 0 Å². The summed E-state index contributed by atoms with van der Waals surface area (Å²) in [5, 5.41) is 10.3. The first kappa shape index (κ1) is 12.7. The Morgan fingerprint density at radius 3 is 2.79 bits per heavy atom. The predicted molar refractivity (Wildman–Crippen MR) is 73.9 cm³/mol. The largest absolute Gasteiger partial charge is 0.308 e. The van der Waals surface area contributed by atoms with Gasteiger partial charge in [0.15, 0.2) is 5.69 Å². The molecule has 1 aromatic heterocycles. The number of halogens is 1. The molecule has 0 spiro atoms. The van der Waals surface area contributed by atoms with Crippen molar-refractivity contribution in [3.8, 4) is 0 Å². The van der Waals surface area contributed by atoms with E-state index in [1.165, 1.54) is 25.3 Å². The van der Waals surface area contributed by atoms with E-state index in [0.717, 1.165) is 22.9 Å². The lowest BCUT2D eigenvalue weighted by molar-refractivity contribution is -0.825. The highest BCUT2D eigenvalue weighted by molar-refractivity contribution is 6.35. The van der Waals surface area contributed by atoms with Gasteiger partial charge < -0.3 is 4.57 Å². The van der Waals surface area contributed by atoms with Crippen molar-refractivity contribution in [2.24, 2.45) is 5.92 Å². The van der Waals surface area contributed by atoms with Gasteiger partial charge in [0.25, 0.3) is 5.56 Å². The van der Waals surface area contributed by atoms with Crippen LogP contribution in [0.25, 0.3) is 10.9 Å². The molecule has 5 heteroatoms. The zero-order chi connectivity index (χ0) is 13.4. The summed E-state index contributed by atoms with van der Waals surface area (Å²) < 4.78 is 1.80. The van der Waals surface area contributed by atoms with E-state index in [0.29, 0.717) is 16.6 Å². The molecular formula is C14H16ClN2O2+. The molecule has 0 atom stereocenters. The van der Waals surface area contributed by atoms with Crippen LogP contribution in [-0.4, -0.2) is 9.77 Å². The van der Waals surface area contributed by atoms with Gasteiger partial charge in [-0.1, -0.05) is 18.0 Å². The van der Waals surface area contributed by atoms with E-state index >= 15 is 0 Å². The number of benzene rings is 1. The lowest BCUT2D eigenvalue weighted by atomic mass is 9.85. The van der Waals surface area contributed by atoms with Crippen LogP contribution < -0.4 is 11.0 Å². The van der Waals surface area contributed by atoms with E-state index in [1.54, 1.807) is 16.7 Å². The highest BCUT2D eigenvalue weighted by Gasteiger charge is 2.20. The molecule has 1 aliphatic rings. The van der Waals surface area contributed by atoms with Crippen molar-refractivity contribution in [2.45, 2.75) is 25.8 Å². The number of hydrogen-bond acceptors (Lipinski definition) is 2. The third-order valence-corrected chi connectivity index (χ3v) is 4.21. The van der Waals surface area contributed by atoms with Gasteiger partial charge in [0, 0.05) is 30.1 Å². The quantitative estimate of drug-likeness (QED) is 0.667. The standard InChI is InChI=1S/C14H15ClN2O2/c15-12-7-14(18)17(8-9-2-1-3-9)13-5-4-10(16-19)6-11(12)13/h4-7,9,16,19H,1-3,8H2/p+1. The highest BCUT2D eigenvalue weighted by Crippen LogP contribution is 2.30. The fourth-order valence-electron chi connectivity index (χ4n) is 2.57. The molecule has 1 aliphatic carbocycles. The van der Waals surface area contributed by atoms with Gasteiger partial charge in [-0.05, 0) is 24.8 Å². The number of nitrogens with two attached hydrogens (primary N) is 1. The molecule has 1 heterocycles. The minimum Gasteiger partial charge on any atom is -0.308 e. The second kappa shape index (κ2) is 4.96. The predicted octanol–water partition coefficient (Wildman–Crippen LogP) is 2.04. The van der Waals surface area contributed by atoms with Crippen molar-refractivity contribution >= 4 is 28.2 Å². The van der Waals surface area contributed by atoms with Crippen molar-refractivity contribution in [3.05, 3.63) is 39.6 Å². The van der Waals surface area contributed by atoms with Crippen molar-refractivity contribution in [2.75, 3.05) is 0 Å². The Hall–Kier alpha value is -1.36. The molecule has 0 saturated heterocycles. The Balaban J connectivity index is 2.16.